The summed E-state index contributed by atoms with van der Waals surface area (Å²) in [5.74, 6) is 1.44. The molecule has 0 aliphatic carbocycles. The number of hydrogen-bond donors (Lipinski definition) is 0. The standard InChI is InChI=1S/C22H25N3O4/c1-3-29-20-12-15(11-19(26)17-5-4-6-21(23-17)27-2)13-25-14-18(24-22(20)25)16-7-9-28-10-8-16/h4-6,12-14,16H,3,7-11H2,1-2H3. The Bertz CT molecular complexity index is 1010. The number of Topliss-reactive ketones (excluding diaryl/α,β-unsaturated/α-hetero) is 1. The smallest absolute Gasteiger partial charge is 0.213 e. The zero-order valence-corrected chi connectivity index (χ0v) is 16.8. The van der Waals surface area contributed by atoms with Crippen molar-refractivity contribution in [2.45, 2.75) is 32.1 Å². The Kier molecular flexibility index (Phi) is 5.76. The third-order valence-corrected chi connectivity index (χ3v) is 5.12. The average Bonchev–Trinajstić information content (AvgIpc) is 3.19. The van der Waals surface area contributed by atoms with E-state index in [1.54, 1.807) is 18.2 Å². The highest BCUT2D eigenvalue weighted by atomic mass is 16.5. The van der Waals surface area contributed by atoms with Crippen LogP contribution in [0.1, 0.15) is 47.4 Å². The first kappa shape index (κ1) is 19.4. The van der Waals surface area contributed by atoms with Crippen molar-refractivity contribution in [2.24, 2.45) is 0 Å². The van der Waals surface area contributed by atoms with E-state index in [9.17, 15) is 4.79 Å². The van der Waals surface area contributed by atoms with Gasteiger partial charge in [-0.05, 0) is 37.5 Å². The van der Waals surface area contributed by atoms with E-state index in [0.29, 0.717) is 29.8 Å². The SMILES string of the molecule is CCOc1cc(CC(=O)c2cccc(OC)n2)cn2cc(C3CCOCC3)nc12. The number of ether oxygens (including phenoxy) is 3. The van der Waals surface area contributed by atoms with Crippen molar-refractivity contribution < 1.29 is 19.0 Å². The van der Waals surface area contributed by atoms with E-state index >= 15 is 0 Å². The van der Waals surface area contributed by atoms with Crippen molar-refractivity contribution >= 4 is 11.4 Å². The fourth-order valence-corrected chi connectivity index (χ4v) is 3.65. The Labute approximate surface area is 169 Å². The van der Waals surface area contributed by atoms with Gasteiger partial charge in [0.1, 0.15) is 5.69 Å². The minimum absolute atomic E-state index is 0.0736. The van der Waals surface area contributed by atoms with Gasteiger partial charge in [-0.3, -0.25) is 4.79 Å². The highest BCUT2D eigenvalue weighted by Gasteiger charge is 2.21. The summed E-state index contributed by atoms with van der Waals surface area (Å²) in [6, 6.07) is 7.09. The molecule has 4 heterocycles. The second-order valence-electron chi connectivity index (χ2n) is 7.09. The van der Waals surface area contributed by atoms with Gasteiger partial charge in [0.15, 0.2) is 17.2 Å². The number of aromatic nitrogens is 3. The zero-order chi connectivity index (χ0) is 20.2. The lowest BCUT2D eigenvalue weighted by atomic mass is 9.97. The van der Waals surface area contributed by atoms with E-state index in [0.717, 1.165) is 43.0 Å². The van der Waals surface area contributed by atoms with Gasteiger partial charge in [-0.2, -0.15) is 0 Å². The lowest BCUT2D eigenvalue weighted by molar-refractivity contribution is 0.0846. The number of rotatable bonds is 7. The van der Waals surface area contributed by atoms with E-state index < -0.39 is 0 Å². The summed E-state index contributed by atoms with van der Waals surface area (Å²) in [5.41, 5.74) is 3.07. The molecule has 7 nitrogen and oxygen atoms in total. The maximum atomic E-state index is 12.7. The van der Waals surface area contributed by atoms with E-state index in [2.05, 4.69) is 4.98 Å². The van der Waals surface area contributed by atoms with Gasteiger partial charge in [0.05, 0.1) is 19.4 Å². The predicted octanol–water partition coefficient (Wildman–Crippen LogP) is 3.46. The monoisotopic (exact) mass is 395 g/mol. The molecule has 3 aromatic heterocycles. The fraction of sp³-hybridized carbons (Fsp3) is 0.409. The van der Waals surface area contributed by atoms with Crippen molar-refractivity contribution in [3.63, 3.8) is 0 Å². The second kappa shape index (κ2) is 8.61. The summed E-state index contributed by atoms with van der Waals surface area (Å²) in [6.07, 6.45) is 6.17. The molecule has 0 aromatic carbocycles. The van der Waals surface area contributed by atoms with Gasteiger partial charge in [-0.15, -0.1) is 0 Å². The topological polar surface area (TPSA) is 75.0 Å². The quantitative estimate of drug-likeness (QED) is 0.571. The zero-order valence-electron chi connectivity index (χ0n) is 16.8. The third kappa shape index (κ3) is 4.24. The van der Waals surface area contributed by atoms with E-state index in [1.807, 2.05) is 29.8 Å². The van der Waals surface area contributed by atoms with Crippen LogP contribution < -0.4 is 9.47 Å². The van der Waals surface area contributed by atoms with Crippen molar-refractivity contribution in [1.82, 2.24) is 14.4 Å². The molecule has 4 rings (SSSR count). The first-order valence-corrected chi connectivity index (χ1v) is 9.94. The fourth-order valence-electron chi connectivity index (χ4n) is 3.65. The summed E-state index contributed by atoms with van der Waals surface area (Å²) in [6.45, 7) is 4.01. The molecule has 0 saturated carbocycles. The molecule has 152 valence electrons. The number of hydrogen-bond acceptors (Lipinski definition) is 6. The van der Waals surface area contributed by atoms with Gasteiger partial charge in [0.2, 0.25) is 5.88 Å². The third-order valence-electron chi connectivity index (χ3n) is 5.12. The van der Waals surface area contributed by atoms with E-state index in [-0.39, 0.29) is 12.2 Å². The second-order valence-corrected chi connectivity index (χ2v) is 7.09. The molecule has 0 atom stereocenters. The number of pyridine rings is 2. The van der Waals surface area contributed by atoms with Gasteiger partial charge in [-0.1, -0.05) is 6.07 Å². The van der Waals surface area contributed by atoms with Crippen LogP contribution in [0, 0.1) is 0 Å². The molecule has 1 fully saturated rings. The maximum absolute atomic E-state index is 12.7. The predicted molar refractivity (Wildman–Crippen MR) is 108 cm³/mol. The Hall–Kier alpha value is -2.93. The molecule has 29 heavy (non-hydrogen) atoms. The largest absolute Gasteiger partial charge is 0.490 e. The number of carbonyl (C=O) groups is 1. The summed E-state index contributed by atoms with van der Waals surface area (Å²) in [4.78, 5) is 21.8. The number of ketones is 1. The molecular weight excluding hydrogens is 370 g/mol. The van der Waals surface area contributed by atoms with Gasteiger partial charge >= 0.3 is 0 Å². The lowest BCUT2D eigenvalue weighted by Crippen LogP contribution is -2.14. The highest BCUT2D eigenvalue weighted by Crippen LogP contribution is 2.29. The van der Waals surface area contributed by atoms with Crippen LogP contribution in [0.3, 0.4) is 0 Å². The normalized spacial score (nSPS) is 14.8. The number of imidazole rings is 1. The molecule has 0 radical (unpaired) electrons. The Morgan fingerprint density at radius 3 is 2.83 bits per heavy atom. The van der Waals surface area contributed by atoms with Crippen LogP contribution in [-0.4, -0.2) is 47.1 Å². The van der Waals surface area contributed by atoms with Gasteiger partial charge in [-0.25, -0.2) is 9.97 Å². The number of carbonyl (C=O) groups excluding carboxylic acids is 1. The van der Waals surface area contributed by atoms with Crippen molar-refractivity contribution in [3.8, 4) is 11.6 Å². The molecule has 3 aromatic rings. The maximum Gasteiger partial charge on any atom is 0.213 e. The van der Waals surface area contributed by atoms with Crippen LogP contribution in [0.25, 0.3) is 5.65 Å². The van der Waals surface area contributed by atoms with Crippen molar-refractivity contribution in [3.05, 3.63) is 53.6 Å². The molecular formula is C22H25N3O4. The first-order valence-electron chi connectivity index (χ1n) is 9.94. The minimum Gasteiger partial charge on any atom is -0.490 e. The average molecular weight is 395 g/mol. The minimum atomic E-state index is -0.0736. The Morgan fingerprint density at radius 1 is 1.24 bits per heavy atom. The highest BCUT2D eigenvalue weighted by molar-refractivity contribution is 5.95. The van der Waals surface area contributed by atoms with Crippen molar-refractivity contribution in [2.75, 3.05) is 26.9 Å². The summed E-state index contributed by atoms with van der Waals surface area (Å²) >= 11 is 0. The number of nitrogens with zero attached hydrogens (tertiary/aromatic N) is 3. The van der Waals surface area contributed by atoms with E-state index in [1.165, 1.54) is 7.11 Å². The van der Waals surface area contributed by atoms with Gasteiger partial charge in [0.25, 0.3) is 0 Å². The van der Waals surface area contributed by atoms with Crippen LogP contribution in [0.2, 0.25) is 0 Å². The van der Waals surface area contributed by atoms with Crippen LogP contribution in [0.4, 0.5) is 0 Å². The van der Waals surface area contributed by atoms with Crippen LogP contribution >= 0.6 is 0 Å². The number of methoxy groups -OCH3 is 1. The molecule has 1 aliphatic rings. The Morgan fingerprint density at radius 2 is 2.07 bits per heavy atom. The molecule has 1 aliphatic heterocycles. The van der Waals surface area contributed by atoms with Crippen LogP contribution in [0.5, 0.6) is 11.6 Å². The summed E-state index contributed by atoms with van der Waals surface area (Å²) < 4.78 is 18.4. The summed E-state index contributed by atoms with van der Waals surface area (Å²) in [7, 11) is 1.54. The molecule has 0 amide bonds. The van der Waals surface area contributed by atoms with E-state index in [4.69, 9.17) is 19.2 Å². The molecule has 7 heteroatoms. The van der Waals surface area contributed by atoms with Gasteiger partial charge < -0.3 is 18.6 Å². The lowest BCUT2D eigenvalue weighted by Gasteiger charge is -2.19. The van der Waals surface area contributed by atoms with Crippen LogP contribution in [0.15, 0.2) is 36.7 Å². The molecule has 1 saturated heterocycles. The van der Waals surface area contributed by atoms with Gasteiger partial charge in [0, 0.05) is 44.0 Å². The number of fused-ring (bicyclic) bond motifs is 1. The van der Waals surface area contributed by atoms with Crippen LogP contribution in [-0.2, 0) is 11.2 Å². The molecule has 0 N–H and O–H groups in total. The molecule has 0 bridgehead atoms. The molecule has 0 unspecified atom stereocenters. The first-order chi connectivity index (χ1) is 14.2. The summed E-state index contributed by atoms with van der Waals surface area (Å²) in [5, 5.41) is 0. The Balaban J connectivity index is 1.64. The molecule has 0 spiro atoms. The van der Waals surface area contributed by atoms with Crippen molar-refractivity contribution in [1.29, 1.82) is 0 Å².